The molecule has 0 saturated carbocycles. The van der Waals surface area contributed by atoms with Gasteiger partial charge >= 0.3 is 11.9 Å². The van der Waals surface area contributed by atoms with Crippen molar-refractivity contribution in [1.29, 1.82) is 0 Å². The minimum atomic E-state index is -4.19. The fourth-order valence-electron chi connectivity index (χ4n) is 4.50. The van der Waals surface area contributed by atoms with Crippen LogP contribution >= 0.6 is 0 Å². The average Bonchev–Trinajstić information content (AvgIpc) is 3.44. The Labute approximate surface area is 201 Å². The molecule has 0 unspecified atom stereocenters. The minimum Gasteiger partial charge on any atom is -0.480 e. The van der Waals surface area contributed by atoms with Crippen molar-refractivity contribution in [3.8, 4) is 0 Å². The van der Waals surface area contributed by atoms with Crippen LogP contribution in [0.2, 0.25) is 0 Å². The van der Waals surface area contributed by atoms with Gasteiger partial charge in [0.05, 0.1) is 28.0 Å². The van der Waals surface area contributed by atoms with E-state index in [0.29, 0.717) is 29.7 Å². The second-order valence-corrected chi connectivity index (χ2v) is 10.5. The number of fused-ring (bicyclic) bond motifs is 1. The summed E-state index contributed by atoms with van der Waals surface area (Å²) in [7, 11) is -4.19. The SMILES string of the molecule is CCCCc1nc2cccc(C(=O)O)c2n1Cc1ccc(S(=O)(=O)N2CCC[C@H]2C(=O)O)cc1F. The number of unbranched alkanes of at least 4 members (excludes halogenated alkanes) is 1. The first-order valence-corrected chi connectivity index (χ1v) is 12.8. The number of nitrogens with zero attached hydrogens (tertiary/aromatic N) is 3. The molecule has 3 aromatic rings. The van der Waals surface area contributed by atoms with E-state index >= 15 is 4.39 Å². The van der Waals surface area contributed by atoms with Crippen LogP contribution < -0.4 is 0 Å². The number of para-hydroxylation sites is 1. The molecule has 0 bridgehead atoms. The van der Waals surface area contributed by atoms with Crippen LogP contribution in [0.15, 0.2) is 41.3 Å². The number of hydrogen-bond acceptors (Lipinski definition) is 5. The Morgan fingerprint density at radius 3 is 2.63 bits per heavy atom. The molecule has 35 heavy (non-hydrogen) atoms. The first-order chi connectivity index (χ1) is 16.6. The lowest BCUT2D eigenvalue weighted by Gasteiger charge is -2.21. The molecule has 186 valence electrons. The Hall–Kier alpha value is -3.31. The Morgan fingerprint density at radius 2 is 1.97 bits per heavy atom. The number of carbonyl (C=O) groups is 2. The van der Waals surface area contributed by atoms with Crippen LogP contribution in [0.5, 0.6) is 0 Å². The number of sulfonamides is 1. The lowest BCUT2D eigenvalue weighted by atomic mass is 10.1. The molecule has 1 fully saturated rings. The van der Waals surface area contributed by atoms with Crippen molar-refractivity contribution in [3.63, 3.8) is 0 Å². The molecule has 2 heterocycles. The van der Waals surface area contributed by atoms with E-state index in [-0.39, 0.29) is 35.5 Å². The van der Waals surface area contributed by atoms with Gasteiger partial charge in [-0.3, -0.25) is 4.79 Å². The maximum atomic E-state index is 15.2. The largest absolute Gasteiger partial charge is 0.480 e. The highest BCUT2D eigenvalue weighted by atomic mass is 32.2. The maximum absolute atomic E-state index is 15.2. The van der Waals surface area contributed by atoms with Gasteiger partial charge in [0.25, 0.3) is 0 Å². The third kappa shape index (κ3) is 4.65. The second kappa shape index (κ2) is 9.74. The number of rotatable bonds is 9. The van der Waals surface area contributed by atoms with Crippen LogP contribution in [0.3, 0.4) is 0 Å². The fraction of sp³-hybridized carbons (Fsp3) is 0.375. The summed E-state index contributed by atoms with van der Waals surface area (Å²) in [5.41, 5.74) is 1.08. The first kappa shape index (κ1) is 24.8. The van der Waals surface area contributed by atoms with Crippen LogP contribution in [-0.4, -0.2) is 57.0 Å². The molecule has 2 aromatic carbocycles. The Morgan fingerprint density at radius 1 is 1.20 bits per heavy atom. The van der Waals surface area contributed by atoms with Gasteiger partial charge in [0.1, 0.15) is 17.7 Å². The van der Waals surface area contributed by atoms with E-state index in [1.165, 1.54) is 18.2 Å². The highest BCUT2D eigenvalue weighted by Crippen LogP contribution is 2.29. The summed E-state index contributed by atoms with van der Waals surface area (Å²) in [6, 6.07) is 7.10. The third-order valence-corrected chi connectivity index (χ3v) is 8.18. The number of aromatic nitrogens is 2. The number of carboxylic acids is 2. The molecule has 1 aliphatic rings. The molecule has 0 spiro atoms. The van der Waals surface area contributed by atoms with Crippen LogP contribution in [0.25, 0.3) is 11.0 Å². The van der Waals surface area contributed by atoms with E-state index in [2.05, 4.69) is 4.98 Å². The Kier molecular flexibility index (Phi) is 6.91. The van der Waals surface area contributed by atoms with Gasteiger partial charge in [-0.25, -0.2) is 22.6 Å². The van der Waals surface area contributed by atoms with Gasteiger partial charge in [-0.15, -0.1) is 0 Å². The first-order valence-electron chi connectivity index (χ1n) is 11.4. The number of aliphatic carboxylic acids is 1. The monoisotopic (exact) mass is 503 g/mol. The zero-order valence-electron chi connectivity index (χ0n) is 19.1. The molecule has 9 nitrogen and oxygen atoms in total. The van der Waals surface area contributed by atoms with Crippen LogP contribution in [0.4, 0.5) is 4.39 Å². The zero-order chi connectivity index (χ0) is 25.3. The molecule has 2 N–H and O–H groups in total. The summed E-state index contributed by atoms with van der Waals surface area (Å²) < 4.78 is 43.8. The standard InChI is InChI=1S/C24H26FN3O6S/c1-2-3-9-21-26-19-7-4-6-17(23(29)30)22(19)27(21)14-15-10-11-16(13-18(15)25)35(33,34)28-12-5-8-20(28)24(31)32/h4,6-7,10-11,13,20H,2-3,5,8-9,12,14H2,1H3,(H,29,30)(H,31,32)/t20-/m0/s1. The van der Waals surface area contributed by atoms with Crippen LogP contribution in [0, 0.1) is 5.82 Å². The lowest BCUT2D eigenvalue weighted by Crippen LogP contribution is -2.40. The Bertz CT molecular complexity index is 1400. The van der Waals surface area contributed by atoms with Gasteiger partial charge in [-0.2, -0.15) is 4.31 Å². The number of imidazole rings is 1. The molecular formula is C24H26FN3O6S. The van der Waals surface area contributed by atoms with Gasteiger partial charge in [-0.05, 0) is 43.5 Å². The van der Waals surface area contributed by atoms with Gasteiger partial charge in [0.2, 0.25) is 10.0 Å². The number of aryl methyl sites for hydroxylation is 1. The van der Waals surface area contributed by atoms with Gasteiger partial charge in [-0.1, -0.05) is 25.5 Å². The molecule has 0 aliphatic carbocycles. The van der Waals surface area contributed by atoms with Gasteiger partial charge in [0.15, 0.2) is 0 Å². The number of carboxylic acid groups (broad SMARTS) is 2. The predicted molar refractivity (Wildman–Crippen MR) is 125 cm³/mol. The molecule has 4 rings (SSSR count). The van der Waals surface area contributed by atoms with Gasteiger partial charge in [0, 0.05) is 18.5 Å². The van der Waals surface area contributed by atoms with Crippen molar-refractivity contribution in [2.24, 2.45) is 0 Å². The molecule has 11 heteroatoms. The summed E-state index contributed by atoms with van der Waals surface area (Å²) >= 11 is 0. The summed E-state index contributed by atoms with van der Waals surface area (Å²) in [4.78, 5) is 27.5. The molecule has 0 amide bonds. The maximum Gasteiger partial charge on any atom is 0.337 e. The summed E-state index contributed by atoms with van der Waals surface area (Å²) in [5, 5.41) is 19.0. The summed E-state index contributed by atoms with van der Waals surface area (Å²) in [6.07, 6.45) is 2.89. The molecule has 1 aliphatic heterocycles. The van der Waals surface area contributed by atoms with E-state index in [1.807, 2.05) is 6.92 Å². The molecule has 1 atom stereocenters. The number of hydrogen-bond donors (Lipinski definition) is 2. The normalized spacial score (nSPS) is 16.7. The van der Waals surface area contributed by atoms with E-state index in [4.69, 9.17) is 0 Å². The zero-order valence-corrected chi connectivity index (χ0v) is 20.0. The smallest absolute Gasteiger partial charge is 0.337 e. The number of aromatic carboxylic acids is 1. The minimum absolute atomic E-state index is 0.0343. The quantitative estimate of drug-likeness (QED) is 0.457. The Balaban J connectivity index is 1.73. The summed E-state index contributed by atoms with van der Waals surface area (Å²) in [6.45, 7) is 2.04. The van der Waals surface area contributed by atoms with E-state index in [9.17, 15) is 28.2 Å². The molecular weight excluding hydrogens is 477 g/mol. The van der Waals surface area contributed by atoms with Crippen molar-refractivity contribution in [2.75, 3.05) is 6.54 Å². The number of halogens is 1. The topological polar surface area (TPSA) is 130 Å². The number of benzene rings is 2. The average molecular weight is 504 g/mol. The van der Waals surface area contributed by atoms with Crippen molar-refractivity contribution in [3.05, 3.63) is 59.2 Å². The van der Waals surface area contributed by atoms with Crippen LogP contribution in [0.1, 0.15) is 54.4 Å². The van der Waals surface area contributed by atoms with E-state index in [0.717, 1.165) is 23.2 Å². The lowest BCUT2D eigenvalue weighted by molar-refractivity contribution is -0.140. The fourth-order valence-corrected chi connectivity index (χ4v) is 6.16. The highest BCUT2D eigenvalue weighted by Gasteiger charge is 2.39. The molecule has 0 radical (unpaired) electrons. The molecule has 1 saturated heterocycles. The van der Waals surface area contributed by atoms with E-state index < -0.39 is 33.8 Å². The van der Waals surface area contributed by atoms with E-state index in [1.54, 1.807) is 16.7 Å². The van der Waals surface area contributed by atoms with Crippen molar-refractivity contribution in [2.45, 2.75) is 56.5 Å². The highest BCUT2D eigenvalue weighted by molar-refractivity contribution is 7.89. The third-order valence-electron chi connectivity index (χ3n) is 6.28. The van der Waals surface area contributed by atoms with Gasteiger partial charge < -0.3 is 14.8 Å². The predicted octanol–water partition coefficient (Wildman–Crippen LogP) is 3.50. The van der Waals surface area contributed by atoms with Crippen LogP contribution in [-0.2, 0) is 27.8 Å². The van der Waals surface area contributed by atoms with Crippen molar-refractivity contribution >= 4 is 33.0 Å². The van der Waals surface area contributed by atoms with Crippen molar-refractivity contribution in [1.82, 2.24) is 13.9 Å². The summed E-state index contributed by atoms with van der Waals surface area (Å²) in [5.74, 6) is -2.52. The van der Waals surface area contributed by atoms with Crippen molar-refractivity contribution < 1.29 is 32.6 Å². The second-order valence-electron chi connectivity index (χ2n) is 8.56. The molecule has 1 aromatic heterocycles.